The van der Waals surface area contributed by atoms with Gasteiger partial charge in [0.2, 0.25) is 0 Å². The van der Waals surface area contributed by atoms with Crippen molar-refractivity contribution in [1.82, 2.24) is 4.98 Å². The molecule has 35 heavy (non-hydrogen) atoms. The molecule has 3 aromatic rings. The summed E-state index contributed by atoms with van der Waals surface area (Å²) in [4.78, 5) is 32.0. The number of thiazole rings is 1. The van der Waals surface area contributed by atoms with Crippen molar-refractivity contribution in [3.8, 4) is 11.5 Å². The minimum atomic E-state index is -0.870. The maximum atomic E-state index is 13.2. The number of benzene rings is 2. The lowest BCUT2D eigenvalue weighted by atomic mass is 9.95. The Bertz CT molecular complexity index is 1220. The number of amides is 1. The third-order valence-corrected chi connectivity index (χ3v) is 6.42. The van der Waals surface area contributed by atoms with Crippen LogP contribution in [0.15, 0.2) is 65.7 Å². The number of aromatic nitrogens is 1. The van der Waals surface area contributed by atoms with E-state index in [0.717, 1.165) is 6.42 Å². The van der Waals surface area contributed by atoms with E-state index in [0.29, 0.717) is 46.9 Å². The smallest absolute Gasteiger partial charge is 0.301 e. The van der Waals surface area contributed by atoms with Crippen molar-refractivity contribution < 1.29 is 24.2 Å². The minimum Gasteiger partial charge on any atom is -0.507 e. The third-order valence-electron chi connectivity index (χ3n) is 5.65. The van der Waals surface area contributed by atoms with Crippen molar-refractivity contribution in [3.05, 3.63) is 76.8 Å². The Balaban J connectivity index is 1.83. The summed E-state index contributed by atoms with van der Waals surface area (Å²) in [6.07, 6.45) is 2.47. The molecule has 4 rings (SSSR count). The summed E-state index contributed by atoms with van der Waals surface area (Å²) in [5, 5.41) is 13.3. The number of carbonyl (C=O) groups excluding carboxylic acids is 2. The van der Waals surface area contributed by atoms with Gasteiger partial charge in [0.25, 0.3) is 5.78 Å². The van der Waals surface area contributed by atoms with Crippen LogP contribution in [0.4, 0.5) is 5.13 Å². The molecule has 2 heterocycles. The summed E-state index contributed by atoms with van der Waals surface area (Å²) < 4.78 is 11.8. The molecule has 1 fully saturated rings. The second-order valence-corrected chi connectivity index (χ2v) is 9.39. The number of ether oxygens (including phenoxy) is 2. The molecule has 1 aliphatic rings. The fourth-order valence-corrected chi connectivity index (χ4v) is 4.59. The molecule has 0 radical (unpaired) electrons. The van der Waals surface area contributed by atoms with Gasteiger partial charge in [0, 0.05) is 17.1 Å². The molecule has 2 aromatic carbocycles. The zero-order valence-corrected chi connectivity index (χ0v) is 20.7. The fourth-order valence-electron chi connectivity index (χ4n) is 3.92. The van der Waals surface area contributed by atoms with Crippen molar-refractivity contribution in [1.29, 1.82) is 0 Å². The quantitative estimate of drug-likeness (QED) is 0.238. The topological polar surface area (TPSA) is 89.0 Å². The molecule has 1 aliphatic heterocycles. The van der Waals surface area contributed by atoms with Crippen molar-refractivity contribution in [2.75, 3.05) is 18.1 Å². The van der Waals surface area contributed by atoms with Crippen LogP contribution < -0.4 is 14.4 Å². The summed E-state index contributed by atoms with van der Waals surface area (Å²) in [6, 6.07) is 13.2. The molecular weight excluding hydrogens is 464 g/mol. The molecule has 1 N–H and O–H groups in total. The minimum absolute atomic E-state index is 0.00678. The lowest BCUT2D eigenvalue weighted by Gasteiger charge is -2.24. The molecule has 0 bridgehead atoms. The van der Waals surface area contributed by atoms with Crippen molar-refractivity contribution in [2.45, 2.75) is 33.2 Å². The van der Waals surface area contributed by atoms with E-state index in [1.54, 1.807) is 54.0 Å². The zero-order valence-electron chi connectivity index (χ0n) is 19.9. The normalized spacial score (nSPS) is 17.3. The monoisotopic (exact) mass is 492 g/mol. The van der Waals surface area contributed by atoms with Gasteiger partial charge >= 0.3 is 5.91 Å². The Hall–Kier alpha value is -3.65. The molecule has 7 nitrogen and oxygen atoms in total. The largest absolute Gasteiger partial charge is 0.507 e. The Labute approximate surface area is 208 Å². The number of aliphatic hydroxyl groups excluding tert-OH is 1. The van der Waals surface area contributed by atoms with E-state index in [9.17, 15) is 14.7 Å². The summed E-state index contributed by atoms with van der Waals surface area (Å²) in [7, 11) is 0. The molecule has 1 atom stereocenters. The number of ketones is 1. The first-order valence-corrected chi connectivity index (χ1v) is 12.5. The molecule has 0 aliphatic carbocycles. The van der Waals surface area contributed by atoms with Crippen LogP contribution in [0.1, 0.15) is 44.4 Å². The zero-order chi connectivity index (χ0) is 24.9. The molecule has 1 unspecified atom stereocenters. The second-order valence-electron chi connectivity index (χ2n) is 8.52. The third kappa shape index (κ3) is 5.07. The number of anilines is 1. The van der Waals surface area contributed by atoms with Crippen LogP contribution in [0.3, 0.4) is 0 Å². The predicted molar refractivity (Wildman–Crippen MR) is 136 cm³/mol. The number of Topliss-reactive ketones (excluding diaryl/α,β-unsaturated/α-hetero) is 1. The summed E-state index contributed by atoms with van der Waals surface area (Å²) in [5.41, 5.74) is 1.07. The average Bonchev–Trinajstić information content (AvgIpc) is 3.47. The molecule has 8 heteroatoms. The van der Waals surface area contributed by atoms with Crippen LogP contribution in [-0.4, -0.2) is 35.0 Å². The van der Waals surface area contributed by atoms with Gasteiger partial charge in [-0.25, -0.2) is 4.98 Å². The SMILES string of the molecule is CCOc1cc(C2C(=C(O)c3ccccc3)C(=O)C(=O)N2c2nccs2)ccc1OCCC(C)C. The van der Waals surface area contributed by atoms with Crippen LogP contribution in [0.2, 0.25) is 0 Å². The predicted octanol–water partition coefficient (Wildman–Crippen LogP) is 5.59. The van der Waals surface area contributed by atoms with Crippen molar-refractivity contribution >= 4 is 33.9 Å². The highest BCUT2D eigenvalue weighted by Gasteiger charge is 2.48. The number of aliphatic hydroxyl groups is 1. The molecule has 182 valence electrons. The molecular formula is C27H28N2O5S. The number of nitrogens with zero attached hydrogens (tertiary/aromatic N) is 2. The van der Waals surface area contributed by atoms with E-state index in [-0.39, 0.29) is 11.3 Å². The van der Waals surface area contributed by atoms with Crippen LogP contribution in [0.25, 0.3) is 5.76 Å². The first kappa shape index (κ1) is 24.5. The van der Waals surface area contributed by atoms with Crippen LogP contribution >= 0.6 is 11.3 Å². The highest BCUT2D eigenvalue weighted by molar-refractivity contribution is 7.14. The Morgan fingerprint density at radius 1 is 1.11 bits per heavy atom. The number of hydrogen-bond acceptors (Lipinski definition) is 7. The maximum absolute atomic E-state index is 13.2. The van der Waals surface area contributed by atoms with Gasteiger partial charge in [0.05, 0.1) is 24.8 Å². The van der Waals surface area contributed by atoms with Gasteiger partial charge in [0.15, 0.2) is 16.6 Å². The first-order chi connectivity index (χ1) is 16.9. The van der Waals surface area contributed by atoms with Gasteiger partial charge in [-0.1, -0.05) is 50.2 Å². The van der Waals surface area contributed by atoms with E-state index in [2.05, 4.69) is 18.8 Å². The average molecular weight is 493 g/mol. The van der Waals surface area contributed by atoms with Crippen molar-refractivity contribution in [3.63, 3.8) is 0 Å². The Kier molecular flexibility index (Phi) is 7.51. The summed E-state index contributed by atoms with van der Waals surface area (Å²) >= 11 is 1.25. The molecule has 1 aromatic heterocycles. The number of rotatable bonds is 9. The molecule has 1 amide bonds. The van der Waals surface area contributed by atoms with Gasteiger partial charge in [-0.05, 0) is 37.0 Å². The first-order valence-electron chi connectivity index (χ1n) is 11.6. The van der Waals surface area contributed by atoms with E-state index in [1.165, 1.54) is 16.2 Å². The van der Waals surface area contributed by atoms with Crippen LogP contribution in [-0.2, 0) is 9.59 Å². The number of hydrogen-bond donors (Lipinski definition) is 1. The highest BCUT2D eigenvalue weighted by atomic mass is 32.1. The van der Waals surface area contributed by atoms with Gasteiger partial charge in [-0.3, -0.25) is 14.5 Å². The maximum Gasteiger partial charge on any atom is 0.301 e. The van der Waals surface area contributed by atoms with Crippen LogP contribution in [0, 0.1) is 5.92 Å². The number of carbonyl (C=O) groups is 2. The van der Waals surface area contributed by atoms with Gasteiger partial charge in [-0.2, -0.15) is 0 Å². The molecule has 0 saturated carbocycles. The van der Waals surface area contributed by atoms with E-state index in [4.69, 9.17) is 9.47 Å². The van der Waals surface area contributed by atoms with Gasteiger partial charge in [-0.15, -0.1) is 11.3 Å². The van der Waals surface area contributed by atoms with E-state index >= 15 is 0 Å². The second kappa shape index (κ2) is 10.7. The van der Waals surface area contributed by atoms with Crippen LogP contribution in [0.5, 0.6) is 11.5 Å². The Morgan fingerprint density at radius 3 is 2.54 bits per heavy atom. The van der Waals surface area contributed by atoms with Gasteiger partial charge < -0.3 is 14.6 Å². The summed E-state index contributed by atoms with van der Waals surface area (Å²) in [6.45, 7) is 7.10. The highest BCUT2D eigenvalue weighted by Crippen LogP contribution is 2.44. The lowest BCUT2D eigenvalue weighted by molar-refractivity contribution is -0.132. The standard InChI is InChI=1S/C27H28N2O5S/c1-4-33-21-16-19(10-11-20(21)34-14-12-17(2)3)23-22(24(30)18-8-6-5-7-9-18)25(31)26(32)29(23)27-28-13-15-35-27/h5-11,13,15-17,23,30H,4,12,14H2,1-3H3. The van der Waals surface area contributed by atoms with Crippen molar-refractivity contribution in [2.24, 2.45) is 5.92 Å². The Morgan fingerprint density at radius 2 is 1.89 bits per heavy atom. The molecule has 1 saturated heterocycles. The van der Waals surface area contributed by atoms with E-state index < -0.39 is 17.7 Å². The lowest BCUT2D eigenvalue weighted by Crippen LogP contribution is -2.29. The van der Waals surface area contributed by atoms with Gasteiger partial charge in [0.1, 0.15) is 5.76 Å². The molecule has 0 spiro atoms. The summed E-state index contributed by atoms with van der Waals surface area (Å²) in [5.74, 6) is -0.132. The van der Waals surface area contributed by atoms with E-state index in [1.807, 2.05) is 13.0 Å². The fraction of sp³-hybridized carbons (Fsp3) is 0.296.